The second-order valence-corrected chi connectivity index (χ2v) is 7.98. The number of amides is 1. The number of methoxy groups -OCH3 is 1. The Hall–Kier alpha value is -2.70. The van der Waals surface area contributed by atoms with E-state index in [0.29, 0.717) is 18.0 Å². The van der Waals surface area contributed by atoms with Crippen molar-refractivity contribution < 1.29 is 9.53 Å². The minimum atomic E-state index is -0.119. The van der Waals surface area contributed by atoms with E-state index < -0.39 is 0 Å². The van der Waals surface area contributed by atoms with E-state index in [1.165, 1.54) is 22.5 Å². The number of benzene rings is 2. The molecule has 0 aliphatic carbocycles. The Morgan fingerprint density at radius 3 is 2.52 bits per heavy atom. The highest BCUT2D eigenvalue weighted by atomic mass is 32.1. The Morgan fingerprint density at radius 2 is 1.86 bits per heavy atom. The van der Waals surface area contributed by atoms with Gasteiger partial charge in [-0.15, -0.1) is 11.3 Å². The van der Waals surface area contributed by atoms with Gasteiger partial charge in [-0.1, -0.05) is 37.3 Å². The summed E-state index contributed by atoms with van der Waals surface area (Å²) in [4.78, 5) is 18.2. The number of thiazole rings is 1. The molecule has 2 aromatic carbocycles. The van der Waals surface area contributed by atoms with Crippen LogP contribution in [0.15, 0.2) is 42.5 Å². The number of hydrogen-bond acceptors (Lipinski definition) is 5. The first-order valence-corrected chi connectivity index (χ1v) is 10.5. The second-order valence-electron chi connectivity index (χ2n) is 6.98. The zero-order valence-corrected chi connectivity index (χ0v) is 18.4. The van der Waals surface area contributed by atoms with Gasteiger partial charge in [0.15, 0.2) is 0 Å². The molecule has 0 saturated heterocycles. The van der Waals surface area contributed by atoms with Crippen molar-refractivity contribution in [1.29, 1.82) is 0 Å². The van der Waals surface area contributed by atoms with E-state index in [0.717, 1.165) is 27.6 Å². The number of hydrogen-bond donors (Lipinski definition) is 1. The number of carbonyl (C=O) groups excluding carboxylic acids is 1. The van der Waals surface area contributed by atoms with Gasteiger partial charge in [-0.2, -0.15) is 0 Å². The Bertz CT molecular complexity index is 996. The fourth-order valence-corrected chi connectivity index (χ4v) is 4.12. The normalized spacial score (nSPS) is 11.0. The maximum absolute atomic E-state index is 12.9. The Labute approximate surface area is 176 Å². The standard InChI is InChI=1S/C23H27N3O2S/c1-6-26(14-18-10-12-19(28-5)13-11-18)25-22(27)21-17(4)24-23(29-21)20-9-7-8-15(2)16(20)3/h7-13H,6,14H2,1-5H3,(H,25,27). The lowest BCUT2D eigenvalue weighted by Crippen LogP contribution is -2.41. The minimum absolute atomic E-state index is 0.119. The number of carbonyl (C=O) groups is 1. The third kappa shape index (κ3) is 4.83. The van der Waals surface area contributed by atoms with Crippen molar-refractivity contribution in [3.05, 3.63) is 69.7 Å². The molecule has 29 heavy (non-hydrogen) atoms. The molecule has 3 rings (SSSR count). The van der Waals surface area contributed by atoms with Crippen LogP contribution in [0.4, 0.5) is 0 Å². The number of nitrogens with zero attached hydrogens (tertiary/aromatic N) is 2. The number of rotatable bonds is 7. The van der Waals surface area contributed by atoms with Crippen LogP contribution in [-0.4, -0.2) is 29.6 Å². The zero-order chi connectivity index (χ0) is 21.0. The molecule has 0 radical (unpaired) electrons. The van der Waals surface area contributed by atoms with E-state index in [1.54, 1.807) is 7.11 Å². The van der Waals surface area contributed by atoms with Crippen molar-refractivity contribution in [2.75, 3.05) is 13.7 Å². The van der Waals surface area contributed by atoms with Crippen molar-refractivity contribution >= 4 is 17.2 Å². The summed E-state index contributed by atoms with van der Waals surface area (Å²) < 4.78 is 5.20. The summed E-state index contributed by atoms with van der Waals surface area (Å²) in [5.74, 6) is 0.701. The molecule has 0 aliphatic rings. The molecule has 0 atom stereocenters. The first kappa shape index (κ1) is 21.0. The average Bonchev–Trinajstić information content (AvgIpc) is 3.11. The fourth-order valence-electron chi connectivity index (χ4n) is 3.08. The van der Waals surface area contributed by atoms with Gasteiger partial charge in [-0.3, -0.25) is 10.2 Å². The fraction of sp³-hybridized carbons (Fsp3) is 0.304. The molecular weight excluding hydrogens is 382 g/mol. The van der Waals surface area contributed by atoms with E-state index in [2.05, 4.69) is 36.4 Å². The molecule has 0 aliphatic heterocycles. The van der Waals surface area contributed by atoms with Gasteiger partial charge in [-0.25, -0.2) is 9.99 Å². The van der Waals surface area contributed by atoms with Crippen LogP contribution < -0.4 is 10.2 Å². The van der Waals surface area contributed by atoms with Crippen molar-refractivity contribution in [2.45, 2.75) is 34.2 Å². The minimum Gasteiger partial charge on any atom is -0.497 e. The van der Waals surface area contributed by atoms with E-state index in [4.69, 9.17) is 4.74 Å². The summed E-state index contributed by atoms with van der Waals surface area (Å²) in [6.45, 7) is 9.40. The lowest BCUT2D eigenvalue weighted by molar-refractivity contribution is 0.0788. The molecule has 1 heterocycles. The Balaban J connectivity index is 1.75. The lowest BCUT2D eigenvalue weighted by atomic mass is 10.0. The summed E-state index contributed by atoms with van der Waals surface area (Å²) in [5, 5.41) is 2.79. The SMILES string of the molecule is CCN(Cc1ccc(OC)cc1)NC(=O)c1sc(-c2cccc(C)c2C)nc1C. The number of hydrazine groups is 1. The molecule has 3 aromatic rings. The Morgan fingerprint density at radius 1 is 1.14 bits per heavy atom. The van der Waals surface area contributed by atoms with Crippen molar-refractivity contribution in [3.8, 4) is 16.3 Å². The molecule has 152 valence electrons. The largest absolute Gasteiger partial charge is 0.497 e. The topological polar surface area (TPSA) is 54.5 Å². The van der Waals surface area contributed by atoms with Crippen molar-refractivity contribution in [2.24, 2.45) is 0 Å². The van der Waals surface area contributed by atoms with Crippen molar-refractivity contribution in [3.63, 3.8) is 0 Å². The maximum atomic E-state index is 12.9. The summed E-state index contributed by atoms with van der Waals surface area (Å²) >= 11 is 1.44. The molecular formula is C23H27N3O2S. The van der Waals surface area contributed by atoms with Crippen LogP contribution in [-0.2, 0) is 6.54 Å². The van der Waals surface area contributed by atoms with Gasteiger partial charge < -0.3 is 4.74 Å². The third-order valence-electron chi connectivity index (χ3n) is 5.01. The van der Waals surface area contributed by atoms with E-state index in [-0.39, 0.29) is 5.91 Å². The summed E-state index contributed by atoms with van der Waals surface area (Å²) in [7, 11) is 1.65. The monoisotopic (exact) mass is 409 g/mol. The molecule has 1 aromatic heterocycles. The quantitative estimate of drug-likeness (QED) is 0.563. The average molecular weight is 410 g/mol. The highest BCUT2D eigenvalue weighted by Crippen LogP contribution is 2.31. The van der Waals surface area contributed by atoms with Crippen LogP contribution in [0.2, 0.25) is 0 Å². The van der Waals surface area contributed by atoms with Crippen LogP contribution in [0.25, 0.3) is 10.6 Å². The van der Waals surface area contributed by atoms with Gasteiger partial charge in [0.1, 0.15) is 15.6 Å². The maximum Gasteiger partial charge on any atom is 0.277 e. The second kappa shape index (κ2) is 9.20. The van der Waals surface area contributed by atoms with Crippen LogP contribution in [0.1, 0.15) is 39.0 Å². The summed E-state index contributed by atoms with van der Waals surface area (Å²) in [6, 6.07) is 14.0. The number of nitrogens with one attached hydrogen (secondary N) is 1. The number of aromatic nitrogens is 1. The van der Waals surface area contributed by atoms with Gasteiger partial charge in [0.25, 0.3) is 5.91 Å². The zero-order valence-electron chi connectivity index (χ0n) is 17.6. The molecule has 5 nitrogen and oxygen atoms in total. The predicted octanol–water partition coefficient (Wildman–Crippen LogP) is 4.91. The third-order valence-corrected chi connectivity index (χ3v) is 6.20. The van der Waals surface area contributed by atoms with Crippen LogP contribution in [0.3, 0.4) is 0 Å². The molecule has 0 fully saturated rings. The smallest absolute Gasteiger partial charge is 0.277 e. The summed E-state index contributed by atoms with van der Waals surface area (Å²) in [5.41, 5.74) is 8.38. The first-order valence-electron chi connectivity index (χ1n) is 9.65. The van der Waals surface area contributed by atoms with E-state index in [9.17, 15) is 4.79 Å². The highest BCUT2D eigenvalue weighted by molar-refractivity contribution is 7.17. The summed E-state index contributed by atoms with van der Waals surface area (Å²) in [6.07, 6.45) is 0. The van der Waals surface area contributed by atoms with Gasteiger partial charge in [0, 0.05) is 18.7 Å². The van der Waals surface area contributed by atoms with Crippen LogP contribution >= 0.6 is 11.3 Å². The van der Waals surface area contributed by atoms with Gasteiger partial charge in [0.05, 0.1) is 12.8 Å². The first-order chi connectivity index (χ1) is 13.9. The van der Waals surface area contributed by atoms with E-state index >= 15 is 0 Å². The van der Waals surface area contributed by atoms with Crippen molar-refractivity contribution in [1.82, 2.24) is 15.4 Å². The lowest BCUT2D eigenvalue weighted by Gasteiger charge is -2.21. The van der Waals surface area contributed by atoms with E-state index in [1.807, 2.05) is 49.2 Å². The van der Waals surface area contributed by atoms with Crippen LogP contribution in [0.5, 0.6) is 5.75 Å². The highest BCUT2D eigenvalue weighted by Gasteiger charge is 2.19. The van der Waals surface area contributed by atoms with Gasteiger partial charge >= 0.3 is 0 Å². The van der Waals surface area contributed by atoms with Crippen LogP contribution in [0, 0.1) is 20.8 Å². The molecule has 0 unspecified atom stereocenters. The predicted molar refractivity (Wildman–Crippen MR) is 118 cm³/mol. The number of aryl methyl sites for hydroxylation is 2. The molecule has 0 bridgehead atoms. The van der Waals surface area contributed by atoms with Gasteiger partial charge in [0.2, 0.25) is 0 Å². The van der Waals surface area contributed by atoms with Gasteiger partial charge in [-0.05, 0) is 49.6 Å². The molecule has 6 heteroatoms. The Kier molecular flexibility index (Phi) is 6.67. The molecule has 1 N–H and O–H groups in total. The number of ether oxygens (including phenoxy) is 1. The molecule has 1 amide bonds. The molecule has 0 saturated carbocycles. The molecule has 0 spiro atoms.